The molecule has 0 fully saturated rings. The second-order valence-electron chi connectivity index (χ2n) is 3.82. The summed E-state index contributed by atoms with van der Waals surface area (Å²) in [5.41, 5.74) is 0.830. The summed E-state index contributed by atoms with van der Waals surface area (Å²) in [7, 11) is 0. The minimum absolute atomic E-state index is 0.128. The summed E-state index contributed by atoms with van der Waals surface area (Å²) in [6.45, 7) is 4.27. The zero-order valence-corrected chi connectivity index (χ0v) is 7.71. The summed E-state index contributed by atoms with van der Waals surface area (Å²) in [5, 5.41) is 9.14. The molecule has 1 unspecified atom stereocenters. The molecule has 1 atom stereocenters. The molecule has 2 heteroatoms. The highest BCUT2D eigenvalue weighted by atomic mass is 16.3. The third kappa shape index (κ3) is 2.45. The van der Waals surface area contributed by atoms with Gasteiger partial charge in [0, 0.05) is 6.42 Å². The van der Waals surface area contributed by atoms with Gasteiger partial charge in [0.2, 0.25) is 0 Å². The van der Waals surface area contributed by atoms with Gasteiger partial charge in [-0.1, -0.05) is 13.8 Å². The zero-order valence-electron chi connectivity index (χ0n) is 7.71. The third-order valence-electron chi connectivity index (χ3n) is 2.14. The quantitative estimate of drug-likeness (QED) is 0.696. The van der Waals surface area contributed by atoms with Gasteiger partial charge in [-0.3, -0.25) is 4.79 Å². The molecule has 0 aromatic heterocycles. The zero-order chi connectivity index (χ0) is 9.14. The lowest BCUT2D eigenvalue weighted by Crippen LogP contribution is -2.01. The molecule has 1 N–H and O–H groups in total. The van der Waals surface area contributed by atoms with Crippen molar-refractivity contribution in [2.75, 3.05) is 0 Å². The number of hydrogen-bond donors (Lipinski definition) is 1. The molecule has 0 saturated carbocycles. The van der Waals surface area contributed by atoms with Crippen molar-refractivity contribution in [2.24, 2.45) is 5.92 Å². The molecule has 0 aliphatic heterocycles. The van der Waals surface area contributed by atoms with Crippen LogP contribution in [-0.4, -0.2) is 17.0 Å². The van der Waals surface area contributed by atoms with E-state index < -0.39 is 6.10 Å². The molecule has 12 heavy (non-hydrogen) atoms. The summed E-state index contributed by atoms with van der Waals surface area (Å²) in [4.78, 5) is 11.2. The van der Waals surface area contributed by atoms with E-state index >= 15 is 0 Å². The molecule has 1 aliphatic carbocycles. The molecule has 1 aliphatic rings. The van der Waals surface area contributed by atoms with Gasteiger partial charge in [-0.25, -0.2) is 0 Å². The second-order valence-corrected chi connectivity index (χ2v) is 3.82. The van der Waals surface area contributed by atoms with Crippen LogP contribution in [0.1, 0.15) is 33.1 Å². The van der Waals surface area contributed by atoms with E-state index in [9.17, 15) is 4.79 Å². The predicted molar refractivity (Wildman–Crippen MR) is 47.8 cm³/mol. The van der Waals surface area contributed by atoms with Crippen LogP contribution in [0.25, 0.3) is 0 Å². The standard InChI is InChI=1S/C10H16O2/c1-7(2)3-4-8-5-9(11)6-10(8)12/h5,7,9,11H,3-4,6H2,1-2H3. The molecule has 0 amide bonds. The Kier molecular flexibility index (Phi) is 3.04. The van der Waals surface area contributed by atoms with Crippen LogP contribution in [0.5, 0.6) is 0 Å². The monoisotopic (exact) mass is 168 g/mol. The Morgan fingerprint density at radius 2 is 2.33 bits per heavy atom. The fourth-order valence-electron chi connectivity index (χ4n) is 1.37. The van der Waals surface area contributed by atoms with Gasteiger partial charge in [-0.15, -0.1) is 0 Å². The number of hydrogen-bond acceptors (Lipinski definition) is 2. The number of aliphatic hydroxyl groups is 1. The van der Waals surface area contributed by atoms with Crippen molar-refractivity contribution in [3.8, 4) is 0 Å². The molecule has 0 saturated heterocycles. The first-order valence-corrected chi connectivity index (χ1v) is 4.51. The lowest BCUT2D eigenvalue weighted by Gasteiger charge is -2.03. The molecule has 2 nitrogen and oxygen atoms in total. The van der Waals surface area contributed by atoms with Crippen LogP contribution in [0.3, 0.4) is 0 Å². The minimum atomic E-state index is -0.514. The lowest BCUT2D eigenvalue weighted by molar-refractivity contribution is -0.116. The van der Waals surface area contributed by atoms with E-state index in [0.29, 0.717) is 12.3 Å². The van der Waals surface area contributed by atoms with Crippen LogP contribution in [0.4, 0.5) is 0 Å². The van der Waals surface area contributed by atoms with Gasteiger partial charge in [0.25, 0.3) is 0 Å². The molecule has 0 bridgehead atoms. The van der Waals surface area contributed by atoms with Gasteiger partial charge >= 0.3 is 0 Å². The summed E-state index contributed by atoms with van der Waals surface area (Å²) in [6, 6.07) is 0. The van der Waals surface area contributed by atoms with Crippen molar-refractivity contribution in [3.05, 3.63) is 11.6 Å². The molecule has 0 aromatic rings. The highest BCUT2D eigenvalue weighted by molar-refractivity contribution is 5.98. The first-order chi connectivity index (χ1) is 5.59. The number of ketones is 1. The van der Waals surface area contributed by atoms with E-state index in [0.717, 1.165) is 18.4 Å². The van der Waals surface area contributed by atoms with E-state index in [1.807, 2.05) is 0 Å². The van der Waals surface area contributed by atoms with Crippen LogP contribution in [0.2, 0.25) is 0 Å². The molecule has 0 radical (unpaired) electrons. The van der Waals surface area contributed by atoms with E-state index in [4.69, 9.17) is 5.11 Å². The van der Waals surface area contributed by atoms with Gasteiger partial charge in [0.15, 0.2) is 5.78 Å². The van der Waals surface area contributed by atoms with E-state index in [-0.39, 0.29) is 5.78 Å². The van der Waals surface area contributed by atoms with Crippen LogP contribution in [0.15, 0.2) is 11.6 Å². The summed E-state index contributed by atoms with van der Waals surface area (Å²) in [6.07, 6.45) is 3.34. The Hall–Kier alpha value is -0.630. The summed E-state index contributed by atoms with van der Waals surface area (Å²) >= 11 is 0. The van der Waals surface area contributed by atoms with Gasteiger partial charge in [0.1, 0.15) is 0 Å². The largest absolute Gasteiger partial charge is 0.389 e. The first kappa shape index (κ1) is 9.46. The van der Waals surface area contributed by atoms with E-state index in [2.05, 4.69) is 13.8 Å². The molecule has 0 heterocycles. The number of aliphatic hydroxyl groups excluding tert-OH is 1. The molecular formula is C10H16O2. The highest BCUT2D eigenvalue weighted by Crippen LogP contribution is 2.20. The molecule has 0 aromatic carbocycles. The smallest absolute Gasteiger partial charge is 0.161 e. The molecule has 68 valence electrons. The minimum Gasteiger partial charge on any atom is -0.389 e. The van der Waals surface area contributed by atoms with Crippen molar-refractivity contribution in [2.45, 2.75) is 39.2 Å². The topological polar surface area (TPSA) is 37.3 Å². The van der Waals surface area contributed by atoms with Crippen molar-refractivity contribution >= 4 is 5.78 Å². The first-order valence-electron chi connectivity index (χ1n) is 4.51. The van der Waals surface area contributed by atoms with Crippen molar-refractivity contribution in [3.63, 3.8) is 0 Å². The van der Waals surface area contributed by atoms with Crippen molar-refractivity contribution in [1.82, 2.24) is 0 Å². The summed E-state index contributed by atoms with van der Waals surface area (Å²) < 4.78 is 0. The van der Waals surface area contributed by atoms with Gasteiger partial charge < -0.3 is 5.11 Å². The maximum Gasteiger partial charge on any atom is 0.161 e. The fraction of sp³-hybridized carbons (Fsp3) is 0.700. The van der Waals surface area contributed by atoms with Gasteiger partial charge in [-0.05, 0) is 30.4 Å². The SMILES string of the molecule is CC(C)CCC1=CC(O)CC1=O. The Bertz CT molecular complexity index is 204. The fourth-order valence-corrected chi connectivity index (χ4v) is 1.37. The number of Topliss-reactive ketones (excluding diaryl/α,β-unsaturated/α-hetero) is 1. The number of carbonyl (C=O) groups is 1. The Morgan fingerprint density at radius 1 is 1.67 bits per heavy atom. The van der Waals surface area contributed by atoms with E-state index in [1.165, 1.54) is 0 Å². The lowest BCUT2D eigenvalue weighted by atomic mass is 10.0. The van der Waals surface area contributed by atoms with Gasteiger partial charge in [0.05, 0.1) is 6.10 Å². The molecule has 1 rings (SSSR count). The maximum atomic E-state index is 11.2. The predicted octanol–water partition coefficient (Wildman–Crippen LogP) is 1.68. The van der Waals surface area contributed by atoms with Crippen molar-refractivity contribution < 1.29 is 9.90 Å². The second kappa shape index (κ2) is 3.85. The highest BCUT2D eigenvalue weighted by Gasteiger charge is 2.21. The Labute approximate surface area is 73.3 Å². The van der Waals surface area contributed by atoms with Crippen LogP contribution < -0.4 is 0 Å². The number of carbonyl (C=O) groups excluding carboxylic acids is 1. The molecular weight excluding hydrogens is 152 g/mol. The summed E-state index contributed by atoms with van der Waals surface area (Å²) in [5.74, 6) is 0.750. The van der Waals surface area contributed by atoms with E-state index in [1.54, 1.807) is 6.08 Å². The van der Waals surface area contributed by atoms with Crippen molar-refractivity contribution in [1.29, 1.82) is 0 Å². The number of rotatable bonds is 3. The van der Waals surface area contributed by atoms with Gasteiger partial charge in [-0.2, -0.15) is 0 Å². The average molecular weight is 168 g/mol. The normalized spacial score (nSPS) is 23.5. The number of allylic oxidation sites excluding steroid dienone is 1. The van der Waals surface area contributed by atoms with Crippen LogP contribution in [-0.2, 0) is 4.79 Å². The third-order valence-corrected chi connectivity index (χ3v) is 2.14. The molecule has 0 spiro atoms. The average Bonchev–Trinajstić information content (AvgIpc) is 2.26. The Morgan fingerprint density at radius 3 is 2.75 bits per heavy atom. The maximum absolute atomic E-state index is 11.2. The van der Waals surface area contributed by atoms with Crippen LogP contribution >= 0.6 is 0 Å². The Balaban J connectivity index is 2.41. The van der Waals surface area contributed by atoms with Crippen LogP contribution in [0, 0.1) is 5.92 Å².